The van der Waals surface area contributed by atoms with Crippen molar-refractivity contribution in [3.05, 3.63) is 98.5 Å². The number of hydrogen-bond acceptors (Lipinski definition) is 4. The molecule has 2 aromatic carbocycles. The minimum Gasteiger partial charge on any atom is -0.299 e. The van der Waals surface area contributed by atoms with E-state index < -0.39 is 16.2 Å². The van der Waals surface area contributed by atoms with E-state index in [1.54, 1.807) is 19.1 Å². The van der Waals surface area contributed by atoms with Crippen LogP contribution in [0.3, 0.4) is 0 Å². The Labute approximate surface area is 149 Å². The SMILES string of the molecule is Cc1ccc([N+](=O)[O-])c(=O)n1CC(=O)c1ccc(-c2ccccc2)cc1. The Hall–Kier alpha value is -3.54. The minimum absolute atomic E-state index is 0.239. The monoisotopic (exact) mass is 348 g/mol. The molecule has 1 aromatic heterocycles. The second kappa shape index (κ2) is 7.14. The maximum Gasteiger partial charge on any atom is 0.334 e. The Morgan fingerprint density at radius 1 is 0.962 bits per heavy atom. The summed E-state index contributed by atoms with van der Waals surface area (Å²) in [6, 6.07) is 19.4. The Kier molecular flexibility index (Phi) is 4.75. The number of carbonyl (C=O) groups is 1. The van der Waals surface area contributed by atoms with Gasteiger partial charge in [-0.15, -0.1) is 0 Å². The van der Waals surface area contributed by atoms with Crippen molar-refractivity contribution in [2.45, 2.75) is 13.5 Å². The van der Waals surface area contributed by atoms with Gasteiger partial charge in [0.1, 0.15) is 0 Å². The smallest absolute Gasteiger partial charge is 0.299 e. The van der Waals surface area contributed by atoms with Crippen LogP contribution in [0.5, 0.6) is 0 Å². The topological polar surface area (TPSA) is 82.2 Å². The fraction of sp³-hybridized carbons (Fsp3) is 0.100. The van der Waals surface area contributed by atoms with E-state index >= 15 is 0 Å². The van der Waals surface area contributed by atoms with E-state index in [2.05, 4.69) is 0 Å². The fourth-order valence-electron chi connectivity index (χ4n) is 2.71. The van der Waals surface area contributed by atoms with Crippen LogP contribution in [-0.2, 0) is 6.54 Å². The molecule has 0 atom stereocenters. The van der Waals surface area contributed by atoms with Crippen LogP contribution in [0.4, 0.5) is 5.69 Å². The van der Waals surface area contributed by atoms with E-state index in [4.69, 9.17) is 0 Å². The van der Waals surface area contributed by atoms with Gasteiger partial charge in [-0.25, -0.2) is 0 Å². The second-order valence-electron chi connectivity index (χ2n) is 5.87. The van der Waals surface area contributed by atoms with Crippen molar-refractivity contribution in [2.24, 2.45) is 0 Å². The molecule has 0 radical (unpaired) electrons. The molecule has 0 unspecified atom stereocenters. The average molecular weight is 348 g/mol. The van der Waals surface area contributed by atoms with Crippen LogP contribution in [-0.4, -0.2) is 15.3 Å². The Morgan fingerprint density at radius 3 is 2.19 bits per heavy atom. The molecule has 0 spiro atoms. The number of nitrogens with zero attached hydrogens (tertiary/aromatic N) is 2. The van der Waals surface area contributed by atoms with Gasteiger partial charge in [0, 0.05) is 17.3 Å². The zero-order chi connectivity index (χ0) is 18.7. The summed E-state index contributed by atoms with van der Waals surface area (Å²) in [4.78, 5) is 34.9. The van der Waals surface area contributed by atoms with Crippen LogP contribution in [0, 0.1) is 17.0 Å². The molecular formula is C20H16N2O4. The summed E-state index contributed by atoms with van der Waals surface area (Å²) in [6.45, 7) is 1.40. The summed E-state index contributed by atoms with van der Waals surface area (Å²) in [5.41, 5.74) is 1.65. The van der Waals surface area contributed by atoms with E-state index in [1.807, 2.05) is 42.5 Å². The molecule has 0 saturated heterocycles. The molecule has 0 bridgehead atoms. The Balaban J connectivity index is 1.86. The maximum atomic E-state index is 12.5. The fourth-order valence-corrected chi connectivity index (χ4v) is 2.71. The molecule has 0 aliphatic heterocycles. The van der Waals surface area contributed by atoms with Crippen molar-refractivity contribution in [1.29, 1.82) is 0 Å². The molecule has 130 valence electrons. The molecular weight excluding hydrogens is 332 g/mol. The van der Waals surface area contributed by atoms with Gasteiger partial charge in [-0.3, -0.25) is 24.3 Å². The Morgan fingerprint density at radius 2 is 1.58 bits per heavy atom. The van der Waals surface area contributed by atoms with Crippen LogP contribution in [0.2, 0.25) is 0 Å². The third-order valence-corrected chi connectivity index (χ3v) is 4.18. The first-order chi connectivity index (χ1) is 12.5. The molecule has 26 heavy (non-hydrogen) atoms. The van der Waals surface area contributed by atoms with Crippen molar-refractivity contribution in [2.75, 3.05) is 0 Å². The lowest BCUT2D eigenvalue weighted by atomic mass is 10.0. The van der Waals surface area contributed by atoms with Crippen LogP contribution >= 0.6 is 0 Å². The lowest BCUT2D eigenvalue weighted by Crippen LogP contribution is -2.27. The normalized spacial score (nSPS) is 10.5. The lowest BCUT2D eigenvalue weighted by Gasteiger charge is -2.09. The van der Waals surface area contributed by atoms with Gasteiger partial charge < -0.3 is 0 Å². The van der Waals surface area contributed by atoms with Gasteiger partial charge >= 0.3 is 11.2 Å². The zero-order valence-electron chi connectivity index (χ0n) is 14.1. The zero-order valence-corrected chi connectivity index (χ0v) is 14.1. The number of pyridine rings is 1. The van der Waals surface area contributed by atoms with Crippen molar-refractivity contribution < 1.29 is 9.72 Å². The Bertz CT molecular complexity index is 1020. The summed E-state index contributed by atoms with van der Waals surface area (Å²) in [5, 5.41) is 10.9. The summed E-state index contributed by atoms with van der Waals surface area (Å²) < 4.78 is 1.13. The molecule has 6 nitrogen and oxygen atoms in total. The van der Waals surface area contributed by atoms with Crippen molar-refractivity contribution in [3.8, 4) is 11.1 Å². The molecule has 0 saturated carbocycles. The number of aryl methyl sites for hydroxylation is 1. The first-order valence-electron chi connectivity index (χ1n) is 8.01. The van der Waals surface area contributed by atoms with Crippen molar-refractivity contribution >= 4 is 11.5 Å². The van der Waals surface area contributed by atoms with Crippen LogP contribution in [0.15, 0.2) is 71.5 Å². The molecule has 0 amide bonds. The van der Waals surface area contributed by atoms with Crippen molar-refractivity contribution in [1.82, 2.24) is 4.57 Å². The average Bonchev–Trinajstić information content (AvgIpc) is 2.65. The standard InChI is InChI=1S/C20H16N2O4/c1-14-7-12-18(22(25)26)20(24)21(14)13-19(23)17-10-8-16(9-11-17)15-5-3-2-4-6-15/h2-12H,13H2,1H3. The first kappa shape index (κ1) is 17.3. The molecule has 3 rings (SSSR count). The van der Waals surface area contributed by atoms with Gasteiger partial charge in [-0.1, -0.05) is 54.6 Å². The first-order valence-corrected chi connectivity index (χ1v) is 8.01. The quantitative estimate of drug-likeness (QED) is 0.401. The predicted molar refractivity (Wildman–Crippen MR) is 98.3 cm³/mol. The van der Waals surface area contributed by atoms with Gasteiger partial charge in [0.2, 0.25) is 0 Å². The largest absolute Gasteiger partial charge is 0.334 e. The van der Waals surface area contributed by atoms with Crippen LogP contribution in [0.25, 0.3) is 11.1 Å². The number of rotatable bonds is 5. The highest BCUT2D eigenvalue weighted by Crippen LogP contribution is 2.19. The third-order valence-electron chi connectivity index (χ3n) is 4.18. The van der Waals surface area contributed by atoms with Gasteiger partial charge in [0.15, 0.2) is 5.78 Å². The molecule has 6 heteroatoms. The van der Waals surface area contributed by atoms with E-state index in [1.165, 1.54) is 6.07 Å². The summed E-state index contributed by atoms with van der Waals surface area (Å²) in [5.74, 6) is -0.282. The molecule has 0 fully saturated rings. The van der Waals surface area contributed by atoms with Gasteiger partial charge in [0.05, 0.1) is 11.5 Å². The predicted octanol–water partition coefficient (Wildman–Crippen LogP) is 3.61. The molecule has 3 aromatic rings. The van der Waals surface area contributed by atoms with Crippen LogP contribution in [0.1, 0.15) is 16.1 Å². The molecule has 1 heterocycles. The van der Waals surface area contributed by atoms with Gasteiger partial charge in [-0.2, -0.15) is 0 Å². The number of Topliss-reactive ketones (excluding diaryl/α,β-unsaturated/α-hetero) is 1. The molecule has 0 aliphatic carbocycles. The minimum atomic E-state index is -0.774. The molecule has 0 aliphatic rings. The summed E-state index contributed by atoms with van der Waals surface area (Å²) in [6.07, 6.45) is 0. The maximum absolute atomic E-state index is 12.5. The third kappa shape index (κ3) is 3.44. The van der Waals surface area contributed by atoms with E-state index in [-0.39, 0.29) is 12.3 Å². The highest BCUT2D eigenvalue weighted by atomic mass is 16.6. The highest BCUT2D eigenvalue weighted by Gasteiger charge is 2.18. The highest BCUT2D eigenvalue weighted by molar-refractivity contribution is 5.96. The number of nitro groups is 1. The second-order valence-corrected chi connectivity index (χ2v) is 5.87. The van der Waals surface area contributed by atoms with E-state index in [0.717, 1.165) is 21.8 Å². The van der Waals surface area contributed by atoms with Crippen LogP contribution < -0.4 is 5.56 Å². The lowest BCUT2D eigenvalue weighted by molar-refractivity contribution is -0.386. The number of ketones is 1. The number of carbonyl (C=O) groups excluding carboxylic acids is 1. The molecule has 0 N–H and O–H groups in total. The number of aromatic nitrogens is 1. The number of benzene rings is 2. The summed E-state index contributed by atoms with van der Waals surface area (Å²) in [7, 11) is 0. The summed E-state index contributed by atoms with van der Waals surface area (Å²) >= 11 is 0. The van der Waals surface area contributed by atoms with E-state index in [0.29, 0.717) is 11.3 Å². The van der Waals surface area contributed by atoms with Gasteiger partial charge in [-0.05, 0) is 24.1 Å². The van der Waals surface area contributed by atoms with E-state index in [9.17, 15) is 19.7 Å². The van der Waals surface area contributed by atoms with Gasteiger partial charge in [0.25, 0.3) is 0 Å². The number of hydrogen-bond donors (Lipinski definition) is 0. The van der Waals surface area contributed by atoms with Crippen molar-refractivity contribution in [3.63, 3.8) is 0 Å².